The van der Waals surface area contributed by atoms with Gasteiger partial charge in [-0.25, -0.2) is 13.4 Å². The van der Waals surface area contributed by atoms with Crippen LogP contribution in [0.5, 0.6) is 0 Å². The maximum Gasteiger partial charge on any atom is 0.271 e. The van der Waals surface area contributed by atoms with Gasteiger partial charge in [0.05, 0.1) is 5.69 Å². The molecule has 0 radical (unpaired) electrons. The van der Waals surface area contributed by atoms with Crippen molar-refractivity contribution < 1.29 is 8.42 Å². The number of sulfonamides is 1. The van der Waals surface area contributed by atoms with Crippen molar-refractivity contribution in [1.29, 1.82) is 0 Å². The molecular formula is C17H15N3O2S3. The molecule has 1 aromatic carbocycles. The smallest absolute Gasteiger partial charge is 0.271 e. The van der Waals surface area contributed by atoms with E-state index in [4.69, 9.17) is 0 Å². The second-order valence-electron chi connectivity index (χ2n) is 5.71. The number of aromatic nitrogens is 2. The van der Waals surface area contributed by atoms with E-state index < -0.39 is 10.0 Å². The second kappa shape index (κ2) is 5.98. The van der Waals surface area contributed by atoms with Gasteiger partial charge < -0.3 is 0 Å². The van der Waals surface area contributed by atoms with Crippen molar-refractivity contribution in [3.05, 3.63) is 58.5 Å². The third kappa shape index (κ3) is 3.08. The van der Waals surface area contributed by atoms with E-state index in [9.17, 15) is 8.42 Å². The van der Waals surface area contributed by atoms with Gasteiger partial charge in [0, 0.05) is 33.4 Å². The van der Waals surface area contributed by atoms with Crippen LogP contribution in [0.4, 0.5) is 5.69 Å². The summed E-state index contributed by atoms with van der Waals surface area (Å²) >= 11 is 2.84. The van der Waals surface area contributed by atoms with E-state index in [-0.39, 0.29) is 0 Å². The van der Waals surface area contributed by atoms with E-state index in [0.29, 0.717) is 9.90 Å². The molecule has 5 nitrogen and oxygen atoms in total. The molecule has 0 bridgehead atoms. The zero-order chi connectivity index (χ0) is 17.6. The van der Waals surface area contributed by atoms with Gasteiger partial charge in [-0.3, -0.25) is 9.12 Å². The molecule has 0 atom stereocenters. The van der Waals surface area contributed by atoms with Gasteiger partial charge in [-0.05, 0) is 38.1 Å². The summed E-state index contributed by atoms with van der Waals surface area (Å²) in [4.78, 5) is 6.49. The standard InChI is InChI=1S/C17H15N3O2S3/c1-11-10-23-17-18-15(9-20(11)17)13-4-3-5-14(8-13)19-25(21,22)16-7-6-12(2)24-16/h3-10,19H,1-2H3. The van der Waals surface area contributed by atoms with Gasteiger partial charge >= 0.3 is 0 Å². The summed E-state index contributed by atoms with van der Waals surface area (Å²) in [7, 11) is -3.57. The normalized spacial score (nSPS) is 11.9. The lowest BCUT2D eigenvalue weighted by atomic mass is 10.1. The van der Waals surface area contributed by atoms with Gasteiger partial charge in [-0.1, -0.05) is 12.1 Å². The van der Waals surface area contributed by atoms with Gasteiger partial charge in [0.25, 0.3) is 10.0 Å². The highest BCUT2D eigenvalue weighted by Gasteiger charge is 2.17. The third-order valence-corrected chi connectivity index (χ3v) is 7.61. The van der Waals surface area contributed by atoms with Gasteiger partial charge in [0.15, 0.2) is 4.96 Å². The number of nitrogens with zero attached hydrogens (tertiary/aromatic N) is 2. The molecule has 128 valence electrons. The Morgan fingerprint density at radius 3 is 2.72 bits per heavy atom. The predicted molar refractivity (Wildman–Crippen MR) is 103 cm³/mol. The van der Waals surface area contributed by atoms with Crippen molar-refractivity contribution in [2.45, 2.75) is 18.1 Å². The SMILES string of the molecule is Cc1ccc(S(=O)(=O)Nc2cccc(-c3cn4c(C)csc4n3)c2)s1. The number of thiophene rings is 1. The molecule has 0 aliphatic carbocycles. The molecular weight excluding hydrogens is 374 g/mol. The number of nitrogens with one attached hydrogen (secondary N) is 1. The summed E-state index contributed by atoms with van der Waals surface area (Å²) in [6, 6.07) is 10.7. The molecule has 0 fully saturated rings. The Hall–Kier alpha value is -2.16. The minimum Gasteiger partial charge on any atom is -0.294 e. The molecule has 1 N–H and O–H groups in total. The number of fused-ring (bicyclic) bond motifs is 1. The molecule has 0 unspecified atom stereocenters. The number of aryl methyl sites for hydroxylation is 2. The minimum atomic E-state index is -3.57. The summed E-state index contributed by atoms with van der Waals surface area (Å²) in [5.41, 5.74) is 3.35. The maximum absolute atomic E-state index is 12.5. The van der Waals surface area contributed by atoms with Crippen molar-refractivity contribution in [3.63, 3.8) is 0 Å². The molecule has 3 aromatic heterocycles. The minimum absolute atomic E-state index is 0.313. The van der Waals surface area contributed by atoms with Gasteiger partial charge in [-0.2, -0.15) is 0 Å². The average molecular weight is 390 g/mol. The van der Waals surface area contributed by atoms with Crippen LogP contribution in [0.3, 0.4) is 0 Å². The molecule has 8 heteroatoms. The zero-order valence-electron chi connectivity index (χ0n) is 13.6. The first-order valence-electron chi connectivity index (χ1n) is 7.55. The zero-order valence-corrected chi connectivity index (χ0v) is 16.0. The largest absolute Gasteiger partial charge is 0.294 e. The lowest BCUT2D eigenvalue weighted by Crippen LogP contribution is -2.11. The summed E-state index contributed by atoms with van der Waals surface area (Å²) in [6.07, 6.45) is 1.97. The number of rotatable bonds is 4. The Kier molecular flexibility index (Phi) is 3.90. The van der Waals surface area contributed by atoms with E-state index in [1.54, 1.807) is 35.6 Å². The molecule has 4 rings (SSSR count). The van der Waals surface area contributed by atoms with Crippen LogP contribution in [-0.4, -0.2) is 17.8 Å². The quantitative estimate of drug-likeness (QED) is 0.557. The topological polar surface area (TPSA) is 63.5 Å². The van der Waals surface area contributed by atoms with Crippen molar-refractivity contribution >= 4 is 43.3 Å². The van der Waals surface area contributed by atoms with Crippen LogP contribution in [0, 0.1) is 13.8 Å². The molecule has 3 heterocycles. The molecule has 0 aliphatic heterocycles. The summed E-state index contributed by atoms with van der Waals surface area (Å²) in [6.45, 7) is 3.92. The van der Waals surface area contributed by atoms with Crippen molar-refractivity contribution in [2.75, 3.05) is 4.72 Å². The Bertz CT molecular complexity index is 1170. The van der Waals surface area contributed by atoms with E-state index in [1.807, 2.05) is 36.6 Å². The summed E-state index contributed by atoms with van der Waals surface area (Å²) < 4.78 is 30.0. The molecule has 0 saturated heterocycles. The molecule has 0 amide bonds. The van der Waals surface area contributed by atoms with Crippen LogP contribution < -0.4 is 4.72 Å². The van der Waals surface area contributed by atoms with Crippen molar-refractivity contribution in [3.8, 4) is 11.3 Å². The van der Waals surface area contributed by atoms with E-state index in [0.717, 1.165) is 26.8 Å². The Balaban J connectivity index is 1.67. The van der Waals surface area contributed by atoms with Crippen LogP contribution in [0.25, 0.3) is 16.2 Å². The number of hydrogen-bond donors (Lipinski definition) is 1. The molecule has 25 heavy (non-hydrogen) atoms. The number of anilines is 1. The number of hydrogen-bond acceptors (Lipinski definition) is 5. The summed E-state index contributed by atoms with van der Waals surface area (Å²) in [5.74, 6) is 0. The number of benzene rings is 1. The van der Waals surface area contributed by atoms with Crippen LogP contribution in [0.1, 0.15) is 10.6 Å². The van der Waals surface area contributed by atoms with E-state index in [2.05, 4.69) is 15.1 Å². The van der Waals surface area contributed by atoms with E-state index >= 15 is 0 Å². The lowest BCUT2D eigenvalue weighted by molar-refractivity contribution is 0.603. The number of imidazole rings is 1. The Morgan fingerprint density at radius 1 is 1.16 bits per heavy atom. The van der Waals surface area contributed by atoms with Crippen LogP contribution in [0.15, 0.2) is 52.2 Å². The fourth-order valence-corrected chi connectivity index (χ4v) is 5.72. The fraction of sp³-hybridized carbons (Fsp3) is 0.118. The lowest BCUT2D eigenvalue weighted by Gasteiger charge is -2.07. The highest BCUT2D eigenvalue weighted by molar-refractivity contribution is 7.94. The first kappa shape index (κ1) is 16.3. The Labute approximate surface area is 153 Å². The average Bonchev–Trinajstić information content (AvgIpc) is 3.25. The predicted octanol–water partition coefficient (Wildman–Crippen LogP) is 4.54. The molecule has 0 aliphatic rings. The van der Waals surface area contributed by atoms with Crippen molar-refractivity contribution in [1.82, 2.24) is 9.38 Å². The van der Waals surface area contributed by atoms with Crippen LogP contribution in [-0.2, 0) is 10.0 Å². The van der Waals surface area contributed by atoms with Gasteiger partial charge in [-0.15, -0.1) is 22.7 Å². The maximum atomic E-state index is 12.5. The third-order valence-electron chi connectivity index (χ3n) is 3.78. The van der Waals surface area contributed by atoms with Crippen LogP contribution in [0.2, 0.25) is 0 Å². The second-order valence-corrected chi connectivity index (χ2v) is 9.74. The highest BCUT2D eigenvalue weighted by atomic mass is 32.2. The fourth-order valence-electron chi connectivity index (χ4n) is 2.54. The van der Waals surface area contributed by atoms with Gasteiger partial charge in [0.2, 0.25) is 0 Å². The van der Waals surface area contributed by atoms with Crippen molar-refractivity contribution in [2.24, 2.45) is 0 Å². The summed E-state index contributed by atoms with van der Waals surface area (Å²) in [5, 5.41) is 2.06. The monoisotopic (exact) mass is 389 g/mol. The van der Waals surface area contributed by atoms with Crippen LogP contribution >= 0.6 is 22.7 Å². The first-order chi connectivity index (χ1) is 11.9. The molecule has 4 aromatic rings. The number of thiazole rings is 1. The Morgan fingerprint density at radius 2 is 2.00 bits per heavy atom. The molecule has 0 spiro atoms. The molecule has 0 saturated carbocycles. The van der Waals surface area contributed by atoms with E-state index in [1.165, 1.54) is 11.3 Å². The van der Waals surface area contributed by atoms with Gasteiger partial charge in [0.1, 0.15) is 4.21 Å². The highest BCUT2D eigenvalue weighted by Crippen LogP contribution is 2.27. The first-order valence-corrected chi connectivity index (χ1v) is 10.7.